The zero-order valence-electron chi connectivity index (χ0n) is 28.0. The van der Waals surface area contributed by atoms with Gasteiger partial charge in [0.25, 0.3) is 0 Å². The van der Waals surface area contributed by atoms with Crippen LogP contribution in [0, 0.1) is 0 Å². The van der Waals surface area contributed by atoms with E-state index < -0.39 is 0 Å². The van der Waals surface area contributed by atoms with Crippen LogP contribution < -0.4 is 9.47 Å². The molecule has 0 radical (unpaired) electrons. The molecule has 0 heterocycles. The quantitative estimate of drug-likeness (QED) is 0.0743. The average molecular weight is 597 g/mol. The van der Waals surface area contributed by atoms with Crippen LogP contribution in [0.5, 0.6) is 11.5 Å². The summed E-state index contributed by atoms with van der Waals surface area (Å²) in [6.07, 6.45) is 7.27. The molecular weight excluding hydrogens is 538 g/mol. The number of carbonyl (C=O) groups excluding carboxylic acids is 1. The van der Waals surface area contributed by atoms with Crippen molar-refractivity contribution >= 4 is 17.5 Å². The third-order valence-corrected chi connectivity index (χ3v) is 7.95. The van der Waals surface area contributed by atoms with E-state index in [4.69, 9.17) is 9.47 Å². The molecule has 0 N–H and O–H groups in total. The maximum absolute atomic E-state index is 12.2. The first-order chi connectivity index (χ1) is 20.1. The number of likely N-dealkylation sites (N-methyl/N-ethyl adjacent to an activating group) is 1. The maximum Gasteiger partial charge on any atom is 0.200 e. The Morgan fingerprint density at radius 3 is 2.05 bits per heavy atom. The van der Waals surface area contributed by atoms with E-state index in [-0.39, 0.29) is 17.8 Å². The number of unbranched alkanes of at least 4 members (excludes halogenated alkanes) is 1. The third-order valence-electron chi connectivity index (χ3n) is 6.45. The predicted octanol–water partition coefficient (Wildman–Crippen LogP) is 9.45. The van der Waals surface area contributed by atoms with Crippen LogP contribution in [0.3, 0.4) is 0 Å². The fraction of sp³-hybridized carbons (Fsp3) is 0.486. The number of hydrogen-bond donors (Lipinski definition) is 0. The van der Waals surface area contributed by atoms with E-state index in [1.165, 1.54) is 35.8 Å². The number of hydrogen-bond acceptors (Lipinski definition) is 4. The zero-order valence-corrected chi connectivity index (χ0v) is 28.8. The number of rotatable bonds is 18. The molecule has 0 aliphatic carbocycles. The second-order valence-corrected chi connectivity index (χ2v) is 12.0. The van der Waals surface area contributed by atoms with E-state index in [1.54, 1.807) is 12.2 Å². The molecule has 0 atom stereocenters. The molecule has 2 rings (SSSR count). The lowest BCUT2D eigenvalue weighted by molar-refractivity contribution is -0.903. The molecule has 0 saturated heterocycles. The van der Waals surface area contributed by atoms with Crippen molar-refractivity contribution in [2.24, 2.45) is 0 Å². The van der Waals surface area contributed by atoms with Crippen LogP contribution >= 0.6 is 11.8 Å². The molecule has 0 aliphatic heterocycles. The molecule has 5 heteroatoms. The van der Waals surface area contributed by atoms with Crippen molar-refractivity contribution in [3.63, 3.8) is 0 Å². The number of carbonyl (C=O) groups is 1. The van der Waals surface area contributed by atoms with Crippen LogP contribution in [0.25, 0.3) is 0 Å². The summed E-state index contributed by atoms with van der Waals surface area (Å²) < 4.78 is 12.5. The van der Waals surface area contributed by atoms with Gasteiger partial charge in [0, 0.05) is 16.9 Å². The van der Waals surface area contributed by atoms with E-state index in [1.807, 2.05) is 51.6 Å². The van der Waals surface area contributed by atoms with Crippen LogP contribution in [0.2, 0.25) is 0 Å². The Bertz CT molecular complexity index is 1050. The summed E-state index contributed by atoms with van der Waals surface area (Å²) in [5, 5.41) is 0. The number of ether oxygens (including phenoxy) is 2. The van der Waals surface area contributed by atoms with Gasteiger partial charge in [-0.3, -0.25) is 4.79 Å². The molecule has 2 aromatic rings. The first-order valence-electron chi connectivity index (χ1n) is 15.4. The summed E-state index contributed by atoms with van der Waals surface area (Å²) in [5.74, 6) is 3.83. The lowest BCUT2D eigenvalue weighted by Crippen LogP contribution is -2.41. The van der Waals surface area contributed by atoms with Gasteiger partial charge in [-0.15, -0.1) is 0 Å². The monoisotopic (exact) mass is 596 g/mol. The van der Waals surface area contributed by atoms with E-state index in [0.29, 0.717) is 17.9 Å². The number of benzene rings is 2. The minimum atomic E-state index is -0.124. The Morgan fingerprint density at radius 2 is 1.50 bits per heavy atom. The van der Waals surface area contributed by atoms with E-state index in [9.17, 15) is 4.79 Å². The molecule has 0 fully saturated rings. The van der Waals surface area contributed by atoms with Crippen LogP contribution in [-0.2, 0) is 16.8 Å². The van der Waals surface area contributed by atoms with Gasteiger partial charge in [0.15, 0.2) is 12.4 Å². The SMILES string of the molecule is C=C/C=C(\C=C)C(=O)COc1ccc(C[N+](C)(C)CCOc2ccc(C(C)(C)CSCCCC)cc2)cc1.CC.CC. The summed E-state index contributed by atoms with van der Waals surface area (Å²) in [6.45, 7) is 24.5. The molecule has 0 saturated carbocycles. The minimum Gasteiger partial charge on any atom is -0.488 e. The van der Waals surface area contributed by atoms with Crippen LogP contribution in [0.1, 0.15) is 72.4 Å². The lowest BCUT2D eigenvalue weighted by Gasteiger charge is -2.30. The fourth-order valence-corrected chi connectivity index (χ4v) is 5.28. The Morgan fingerprint density at radius 1 is 0.929 bits per heavy atom. The van der Waals surface area contributed by atoms with Gasteiger partial charge in [0.2, 0.25) is 0 Å². The van der Waals surface area contributed by atoms with Crippen molar-refractivity contribution in [2.75, 3.05) is 45.4 Å². The van der Waals surface area contributed by atoms with E-state index in [0.717, 1.165) is 29.1 Å². The third kappa shape index (κ3) is 15.5. The molecule has 0 aliphatic rings. The van der Waals surface area contributed by atoms with Gasteiger partial charge < -0.3 is 14.0 Å². The van der Waals surface area contributed by atoms with E-state index >= 15 is 0 Å². The molecular formula is C37H58NO3S+. The highest BCUT2D eigenvalue weighted by atomic mass is 32.2. The molecule has 0 bridgehead atoms. The molecule has 0 unspecified atom stereocenters. The highest BCUT2D eigenvalue weighted by molar-refractivity contribution is 7.99. The van der Waals surface area contributed by atoms with E-state index in [2.05, 4.69) is 84.4 Å². The van der Waals surface area contributed by atoms with Crippen molar-refractivity contribution in [3.8, 4) is 11.5 Å². The summed E-state index contributed by atoms with van der Waals surface area (Å²) in [4.78, 5) is 12.2. The van der Waals surface area contributed by atoms with Crippen molar-refractivity contribution in [1.82, 2.24) is 0 Å². The van der Waals surface area contributed by atoms with Gasteiger partial charge in [0.05, 0.1) is 14.1 Å². The Kier molecular flexibility index (Phi) is 20.4. The Balaban J connectivity index is 0.00000402. The first-order valence-corrected chi connectivity index (χ1v) is 16.6. The molecule has 4 nitrogen and oxygen atoms in total. The van der Waals surface area contributed by atoms with Crippen molar-refractivity contribution in [2.45, 2.75) is 73.3 Å². The summed E-state index contributed by atoms with van der Waals surface area (Å²) in [6, 6.07) is 16.5. The Hall–Kier alpha value is -2.76. The first kappa shape index (κ1) is 39.2. The molecule has 42 heavy (non-hydrogen) atoms. The van der Waals surface area contributed by atoms with Crippen LogP contribution in [-0.4, -0.2) is 55.6 Å². The second kappa shape index (κ2) is 21.9. The standard InChI is InChI=1S/C33H46NO3S.2C2H6/c1-8-11-23-38-26-33(4,5)29-15-19-30(20-16-29)36-22-21-34(6,7)24-27-13-17-31(18-14-27)37-25-32(35)28(10-3)12-9-2;2*1-2/h9-10,12-20H,2-3,8,11,21-26H2,1,4-7H3;2*1-2H3/q+1;;/b28-12+;;. The van der Waals surface area contributed by atoms with Gasteiger partial charge in [-0.2, -0.15) is 11.8 Å². The highest BCUT2D eigenvalue weighted by Crippen LogP contribution is 2.29. The minimum absolute atomic E-state index is 0.0274. The molecule has 234 valence electrons. The number of allylic oxidation sites excluding steroid dienone is 3. The number of ketones is 1. The second-order valence-electron chi connectivity index (χ2n) is 10.9. The lowest BCUT2D eigenvalue weighted by atomic mass is 9.87. The van der Waals surface area contributed by atoms with Crippen molar-refractivity contribution in [1.29, 1.82) is 0 Å². The van der Waals surface area contributed by atoms with Crippen LogP contribution in [0.4, 0.5) is 0 Å². The molecule has 0 amide bonds. The molecule has 0 aromatic heterocycles. The van der Waals surface area contributed by atoms with Crippen molar-refractivity contribution < 1.29 is 18.8 Å². The van der Waals surface area contributed by atoms with Crippen molar-refractivity contribution in [3.05, 3.63) is 96.6 Å². The maximum atomic E-state index is 12.2. The largest absolute Gasteiger partial charge is 0.488 e. The summed E-state index contributed by atoms with van der Waals surface area (Å²) in [7, 11) is 4.41. The Labute approximate surface area is 262 Å². The van der Waals surface area contributed by atoms with Gasteiger partial charge in [0.1, 0.15) is 31.2 Å². The van der Waals surface area contributed by atoms with Gasteiger partial charge in [-0.05, 0) is 59.6 Å². The number of quaternary nitrogens is 1. The number of thioether (sulfide) groups is 1. The summed E-state index contributed by atoms with van der Waals surface area (Å²) in [5.41, 5.74) is 3.21. The highest BCUT2D eigenvalue weighted by Gasteiger charge is 2.21. The normalized spacial score (nSPS) is 11.3. The van der Waals surface area contributed by atoms with Gasteiger partial charge >= 0.3 is 0 Å². The molecule has 0 spiro atoms. The average Bonchev–Trinajstić information content (AvgIpc) is 2.99. The zero-order chi connectivity index (χ0) is 32.0. The number of Topliss-reactive ketones (excluding diaryl/α,β-unsaturated/α-hetero) is 1. The summed E-state index contributed by atoms with van der Waals surface area (Å²) >= 11 is 2.05. The van der Waals surface area contributed by atoms with Gasteiger partial charge in [-0.25, -0.2) is 0 Å². The number of nitrogens with zero attached hydrogens (tertiary/aromatic N) is 1. The van der Waals surface area contributed by atoms with Crippen LogP contribution in [0.15, 0.2) is 85.5 Å². The molecule has 2 aromatic carbocycles. The topological polar surface area (TPSA) is 35.5 Å². The smallest absolute Gasteiger partial charge is 0.200 e. The predicted molar refractivity (Wildman–Crippen MR) is 186 cm³/mol. The van der Waals surface area contributed by atoms with Gasteiger partial charge in [-0.1, -0.05) is 98.4 Å². The fourth-order valence-electron chi connectivity index (χ4n) is 3.97.